The summed E-state index contributed by atoms with van der Waals surface area (Å²) in [4.78, 5) is 0. The monoisotopic (exact) mass is 532 g/mol. The van der Waals surface area contributed by atoms with Gasteiger partial charge in [-0.15, -0.1) is 0 Å². The number of para-hydroxylation sites is 3. The zero-order valence-electron chi connectivity index (χ0n) is 22.8. The van der Waals surface area contributed by atoms with Gasteiger partial charge in [0.25, 0.3) is 0 Å². The lowest BCUT2D eigenvalue weighted by atomic mass is 10.00. The second kappa shape index (κ2) is 7.99. The summed E-state index contributed by atoms with van der Waals surface area (Å²) in [5, 5.41) is 10.3. The molecule has 194 valence electrons. The number of aromatic nitrogens is 2. The first-order valence-corrected chi connectivity index (χ1v) is 14.5. The van der Waals surface area contributed by atoms with Crippen LogP contribution < -0.4 is 0 Å². The third kappa shape index (κ3) is 2.83. The second-order valence-corrected chi connectivity index (χ2v) is 11.4. The van der Waals surface area contributed by atoms with E-state index in [1.165, 1.54) is 87.5 Å². The van der Waals surface area contributed by atoms with Gasteiger partial charge in [-0.3, -0.25) is 0 Å². The summed E-state index contributed by atoms with van der Waals surface area (Å²) in [6.45, 7) is 0. The first-order chi connectivity index (χ1) is 20.8. The van der Waals surface area contributed by atoms with E-state index in [9.17, 15) is 0 Å². The van der Waals surface area contributed by atoms with E-state index in [1.54, 1.807) is 0 Å². The average molecular weight is 533 g/mol. The molecule has 0 amide bonds. The van der Waals surface area contributed by atoms with E-state index in [2.05, 4.69) is 155 Å². The Kier molecular flexibility index (Phi) is 4.21. The normalized spacial score (nSPS) is 12.3. The van der Waals surface area contributed by atoms with E-state index in [1.807, 2.05) is 0 Å². The van der Waals surface area contributed by atoms with Crippen molar-refractivity contribution >= 4 is 70.7 Å². The Balaban J connectivity index is 1.21. The highest BCUT2D eigenvalue weighted by atomic mass is 15.0. The van der Waals surface area contributed by atoms with Crippen molar-refractivity contribution in [2.24, 2.45) is 0 Å². The van der Waals surface area contributed by atoms with Gasteiger partial charge in [-0.25, -0.2) is 0 Å². The average Bonchev–Trinajstić information content (AvgIpc) is 3.69. The molecule has 3 aromatic heterocycles. The van der Waals surface area contributed by atoms with Crippen molar-refractivity contribution < 1.29 is 0 Å². The molecule has 0 fully saturated rings. The van der Waals surface area contributed by atoms with Gasteiger partial charge in [0.05, 0.1) is 27.6 Å². The quantitative estimate of drug-likeness (QED) is 0.209. The van der Waals surface area contributed by atoms with Crippen molar-refractivity contribution in [2.75, 3.05) is 0 Å². The summed E-state index contributed by atoms with van der Waals surface area (Å²) >= 11 is 0. The molecule has 3 heterocycles. The van der Waals surface area contributed by atoms with Gasteiger partial charge in [-0.1, -0.05) is 97.1 Å². The molecule has 7 aromatic carbocycles. The molecule has 0 bridgehead atoms. The van der Waals surface area contributed by atoms with Crippen LogP contribution in [0.25, 0.3) is 87.5 Å². The smallest absolute Gasteiger partial charge is 0.0620 e. The maximum Gasteiger partial charge on any atom is 0.0620 e. The molecule has 10 rings (SSSR count). The fourth-order valence-corrected chi connectivity index (χ4v) is 7.36. The van der Waals surface area contributed by atoms with Crippen molar-refractivity contribution in [3.05, 3.63) is 146 Å². The number of hydrogen-bond donors (Lipinski definition) is 0. The maximum absolute atomic E-state index is 2.44. The Hall–Kier alpha value is -5.60. The maximum atomic E-state index is 2.44. The van der Waals surface area contributed by atoms with Gasteiger partial charge >= 0.3 is 0 Å². The summed E-state index contributed by atoms with van der Waals surface area (Å²) in [6.07, 6.45) is 0. The Morgan fingerprint density at radius 3 is 1.69 bits per heavy atom. The summed E-state index contributed by atoms with van der Waals surface area (Å²) in [6, 6.07) is 53.5. The molecule has 10 aromatic rings. The van der Waals surface area contributed by atoms with Gasteiger partial charge < -0.3 is 8.97 Å². The van der Waals surface area contributed by atoms with Gasteiger partial charge in [0.2, 0.25) is 0 Å². The van der Waals surface area contributed by atoms with Crippen molar-refractivity contribution in [3.63, 3.8) is 0 Å². The summed E-state index contributed by atoms with van der Waals surface area (Å²) in [5.41, 5.74) is 9.97. The first-order valence-electron chi connectivity index (χ1n) is 14.5. The molecule has 0 spiro atoms. The van der Waals surface area contributed by atoms with Crippen LogP contribution in [0.1, 0.15) is 0 Å². The lowest BCUT2D eigenvalue weighted by molar-refractivity contribution is 1.19. The van der Waals surface area contributed by atoms with Crippen LogP contribution in [0.3, 0.4) is 0 Å². The topological polar surface area (TPSA) is 9.34 Å². The molecule has 0 unspecified atom stereocenters. The van der Waals surface area contributed by atoms with Crippen LogP contribution in [0.2, 0.25) is 0 Å². The molecule has 0 aliphatic rings. The molecular formula is C40H24N2. The highest BCUT2D eigenvalue weighted by molar-refractivity contribution is 6.23. The Morgan fingerprint density at radius 2 is 0.881 bits per heavy atom. The minimum absolute atomic E-state index is 1.19. The summed E-state index contributed by atoms with van der Waals surface area (Å²) in [7, 11) is 0. The van der Waals surface area contributed by atoms with E-state index < -0.39 is 0 Å². The fourth-order valence-electron chi connectivity index (χ4n) is 7.36. The molecule has 0 N–H and O–H groups in total. The molecule has 2 nitrogen and oxygen atoms in total. The van der Waals surface area contributed by atoms with E-state index >= 15 is 0 Å². The van der Waals surface area contributed by atoms with E-state index in [0.29, 0.717) is 0 Å². The van der Waals surface area contributed by atoms with E-state index in [-0.39, 0.29) is 0 Å². The SMILES string of the molecule is c1ccc2cc(-n3c4ccccc4c4cc(-c5ccc6c(c5)c5cccc7c8ccccc8n6c75)ccc43)ccc2c1. The molecule has 42 heavy (non-hydrogen) atoms. The molecule has 0 aliphatic heterocycles. The summed E-state index contributed by atoms with van der Waals surface area (Å²) in [5.74, 6) is 0. The number of nitrogens with zero attached hydrogens (tertiary/aromatic N) is 2. The van der Waals surface area contributed by atoms with Crippen LogP contribution in [0.4, 0.5) is 0 Å². The van der Waals surface area contributed by atoms with Crippen LogP contribution in [0.5, 0.6) is 0 Å². The first kappa shape index (κ1) is 22.1. The molecule has 0 aliphatic carbocycles. The van der Waals surface area contributed by atoms with Gasteiger partial charge in [-0.2, -0.15) is 0 Å². The van der Waals surface area contributed by atoms with Crippen molar-refractivity contribution in [1.82, 2.24) is 8.97 Å². The zero-order chi connectivity index (χ0) is 27.4. The van der Waals surface area contributed by atoms with Gasteiger partial charge in [-0.05, 0) is 70.4 Å². The van der Waals surface area contributed by atoms with Gasteiger partial charge in [0, 0.05) is 38.0 Å². The number of rotatable bonds is 2. The Labute approximate surface area is 241 Å². The number of fused-ring (bicyclic) bond motifs is 10. The highest BCUT2D eigenvalue weighted by Crippen LogP contribution is 2.41. The van der Waals surface area contributed by atoms with Crippen LogP contribution >= 0.6 is 0 Å². The molecule has 0 radical (unpaired) electrons. The molecule has 0 atom stereocenters. The van der Waals surface area contributed by atoms with E-state index in [4.69, 9.17) is 0 Å². The molecule has 0 saturated heterocycles. The lowest BCUT2D eigenvalue weighted by Gasteiger charge is -2.10. The van der Waals surface area contributed by atoms with Crippen LogP contribution in [-0.4, -0.2) is 8.97 Å². The molecule has 0 saturated carbocycles. The number of hydrogen-bond acceptors (Lipinski definition) is 0. The molecular weight excluding hydrogens is 508 g/mol. The number of benzene rings is 7. The standard InChI is InChI=1S/C40H24N2/c1-2-9-26-22-29(19-16-25(26)8-1)41-36-14-5-4-11-31(36)34-23-27(17-20-38(34)41)28-18-21-39-35(24-28)33-13-7-12-32-30-10-3-6-15-37(30)42(39)40(32)33/h1-24H. The van der Waals surface area contributed by atoms with Crippen LogP contribution in [-0.2, 0) is 0 Å². The van der Waals surface area contributed by atoms with Crippen molar-refractivity contribution in [1.29, 1.82) is 0 Å². The third-order valence-corrected chi connectivity index (χ3v) is 9.22. The van der Waals surface area contributed by atoms with Gasteiger partial charge in [0.1, 0.15) is 0 Å². The fraction of sp³-hybridized carbons (Fsp3) is 0. The second-order valence-electron chi connectivity index (χ2n) is 11.4. The summed E-state index contributed by atoms with van der Waals surface area (Å²) < 4.78 is 4.85. The highest BCUT2D eigenvalue weighted by Gasteiger charge is 2.18. The van der Waals surface area contributed by atoms with Crippen molar-refractivity contribution in [3.8, 4) is 16.8 Å². The Bertz CT molecular complexity index is 2680. The van der Waals surface area contributed by atoms with Crippen molar-refractivity contribution in [2.45, 2.75) is 0 Å². The minimum Gasteiger partial charge on any atom is -0.309 e. The Morgan fingerprint density at radius 1 is 0.333 bits per heavy atom. The largest absolute Gasteiger partial charge is 0.309 e. The van der Waals surface area contributed by atoms with Crippen LogP contribution in [0.15, 0.2) is 146 Å². The predicted octanol–water partition coefficient (Wildman–Crippen LogP) is 10.8. The van der Waals surface area contributed by atoms with Crippen LogP contribution in [0, 0.1) is 0 Å². The molecule has 2 heteroatoms. The third-order valence-electron chi connectivity index (χ3n) is 9.22. The predicted molar refractivity (Wildman–Crippen MR) is 178 cm³/mol. The zero-order valence-corrected chi connectivity index (χ0v) is 22.8. The lowest BCUT2D eigenvalue weighted by Crippen LogP contribution is -1.93. The van der Waals surface area contributed by atoms with Gasteiger partial charge in [0.15, 0.2) is 0 Å². The van der Waals surface area contributed by atoms with E-state index in [0.717, 1.165) is 0 Å². The minimum atomic E-state index is 1.19.